The molecule has 0 aliphatic rings. The molecule has 0 fully saturated rings. The molecular formula is C13H22S. The Morgan fingerprint density at radius 1 is 1.14 bits per heavy atom. The van der Waals surface area contributed by atoms with Crippen molar-refractivity contribution in [2.24, 2.45) is 5.41 Å². The SMILES string of the molecule is C/C=C\C(C)(C)/C=C\S/C=C\CCC. The van der Waals surface area contributed by atoms with Crippen LogP contribution in [0.25, 0.3) is 0 Å². The zero-order valence-corrected chi connectivity index (χ0v) is 10.6. The van der Waals surface area contributed by atoms with Crippen LogP contribution in [0.2, 0.25) is 0 Å². The van der Waals surface area contributed by atoms with E-state index in [1.807, 2.05) is 0 Å². The van der Waals surface area contributed by atoms with Crippen LogP contribution in [-0.2, 0) is 0 Å². The Hall–Kier alpha value is -0.430. The smallest absolute Gasteiger partial charge is 0.00126 e. The molecule has 1 heteroatoms. The minimum Gasteiger partial charge on any atom is -0.107 e. The molecule has 0 saturated carbocycles. The standard InChI is InChI=1S/C13H22S/c1-5-7-8-11-14-12-10-13(3,4)9-6-2/h6,8-12H,5,7H2,1-4H3/b9-6-,11-8-,12-10-. The average Bonchev–Trinajstić information content (AvgIpc) is 2.11. The van der Waals surface area contributed by atoms with Crippen LogP contribution in [0.4, 0.5) is 0 Å². The van der Waals surface area contributed by atoms with E-state index in [4.69, 9.17) is 0 Å². The third-order valence-corrected chi connectivity index (χ3v) is 2.45. The maximum atomic E-state index is 2.23. The van der Waals surface area contributed by atoms with Gasteiger partial charge >= 0.3 is 0 Å². The maximum absolute atomic E-state index is 2.23. The zero-order valence-electron chi connectivity index (χ0n) is 9.79. The Morgan fingerprint density at radius 3 is 2.43 bits per heavy atom. The molecule has 0 heterocycles. The molecule has 0 amide bonds. The van der Waals surface area contributed by atoms with Crippen molar-refractivity contribution >= 4 is 11.8 Å². The molecule has 0 radical (unpaired) electrons. The molecular weight excluding hydrogens is 188 g/mol. The molecule has 14 heavy (non-hydrogen) atoms. The minimum atomic E-state index is 0.181. The predicted molar refractivity (Wildman–Crippen MR) is 69.4 cm³/mol. The maximum Gasteiger partial charge on any atom is 0.00126 e. The Labute approximate surface area is 93.2 Å². The summed E-state index contributed by atoms with van der Waals surface area (Å²) in [5.41, 5.74) is 0.181. The molecule has 0 bridgehead atoms. The molecule has 0 unspecified atom stereocenters. The molecule has 80 valence electrons. The molecule has 0 spiro atoms. The van der Waals surface area contributed by atoms with Gasteiger partial charge in [0, 0.05) is 5.41 Å². The van der Waals surface area contributed by atoms with E-state index in [-0.39, 0.29) is 5.41 Å². The predicted octanol–water partition coefficient (Wildman–Crippen LogP) is 5.15. The van der Waals surface area contributed by atoms with E-state index >= 15 is 0 Å². The summed E-state index contributed by atoms with van der Waals surface area (Å²) >= 11 is 1.75. The summed E-state index contributed by atoms with van der Waals surface area (Å²) in [5.74, 6) is 0. The second-order valence-electron chi connectivity index (χ2n) is 3.92. The van der Waals surface area contributed by atoms with Crippen molar-refractivity contribution in [3.8, 4) is 0 Å². The van der Waals surface area contributed by atoms with Gasteiger partial charge in [-0.2, -0.15) is 0 Å². The van der Waals surface area contributed by atoms with Gasteiger partial charge in [0.05, 0.1) is 0 Å². The largest absolute Gasteiger partial charge is 0.107 e. The first-order chi connectivity index (χ1) is 6.62. The lowest BCUT2D eigenvalue weighted by atomic mass is 9.94. The fourth-order valence-corrected chi connectivity index (χ4v) is 1.80. The highest BCUT2D eigenvalue weighted by atomic mass is 32.2. The molecule has 0 N–H and O–H groups in total. The molecule has 0 aromatic carbocycles. The average molecular weight is 210 g/mol. The van der Waals surface area contributed by atoms with Gasteiger partial charge in [-0.25, -0.2) is 0 Å². The van der Waals surface area contributed by atoms with Gasteiger partial charge < -0.3 is 0 Å². The van der Waals surface area contributed by atoms with Gasteiger partial charge in [-0.1, -0.05) is 51.5 Å². The number of allylic oxidation sites excluding steroid dienone is 4. The van der Waals surface area contributed by atoms with Crippen molar-refractivity contribution in [3.05, 3.63) is 35.1 Å². The first kappa shape index (κ1) is 13.6. The van der Waals surface area contributed by atoms with Gasteiger partial charge in [-0.05, 0) is 24.2 Å². The number of hydrogen-bond donors (Lipinski definition) is 0. The molecule has 0 aromatic rings. The molecule has 0 aliphatic heterocycles. The number of hydrogen-bond acceptors (Lipinski definition) is 1. The normalized spacial score (nSPS) is 13.7. The van der Waals surface area contributed by atoms with Gasteiger partial charge in [-0.3, -0.25) is 0 Å². The Morgan fingerprint density at radius 2 is 1.86 bits per heavy atom. The summed E-state index contributed by atoms with van der Waals surface area (Å²) in [6, 6.07) is 0. The monoisotopic (exact) mass is 210 g/mol. The number of unbranched alkanes of at least 4 members (excludes halogenated alkanes) is 1. The van der Waals surface area contributed by atoms with E-state index < -0.39 is 0 Å². The highest BCUT2D eigenvalue weighted by Gasteiger charge is 2.06. The summed E-state index contributed by atoms with van der Waals surface area (Å²) in [4.78, 5) is 0. The summed E-state index contributed by atoms with van der Waals surface area (Å²) < 4.78 is 0. The molecule has 0 rings (SSSR count). The van der Waals surface area contributed by atoms with Crippen LogP contribution in [0, 0.1) is 5.41 Å². The minimum absolute atomic E-state index is 0.181. The van der Waals surface area contributed by atoms with Crippen molar-refractivity contribution in [1.29, 1.82) is 0 Å². The van der Waals surface area contributed by atoms with Crippen LogP contribution in [-0.4, -0.2) is 0 Å². The van der Waals surface area contributed by atoms with Gasteiger partial charge in [0.15, 0.2) is 0 Å². The molecule has 0 nitrogen and oxygen atoms in total. The molecule has 0 aromatic heterocycles. The van der Waals surface area contributed by atoms with E-state index in [9.17, 15) is 0 Å². The topological polar surface area (TPSA) is 0 Å². The Kier molecular flexibility index (Phi) is 7.68. The van der Waals surface area contributed by atoms with Crippen molar-refractivity contribution in [3.63, 3.8) is 0 Å². The first-order valence-electron chi connectivity index (χ1n) is 5.24. The van der Waals surface area contributed by atoms with E-state index in [1.54, 1.807) is 11.8 Å². The summed E-state index contributed by atoms with van der Waals surface area (Å²) in [5, 5.41) is 4.32. The van der Waals surface area contributed by atoms with Crippen LogP contribution in [0.15, 0.2) is 35.1 Å². The van der Waals surface area contributed by atoms with E-state index in [0.717, 1.165) is 0 Å². The highest BCUT2D eigenvalue weighted by Crippen LogP contribution is 2.21. The van der Waals surface area contributed by atoms with E-state index in [1.165, 1.54) is 12.8 Å². The van der Waals surface area contributed by atoms with E-state index in [2.05, 4.69) is 62.8 Å². The molecule has 0 saturated heterocycles. The van der Waals surface area contributed by atoms with Crippen molar-refractivity contribution in [2.45, 2.75) is 40.5 Å². The van der Waals surface area contributed by atoms with Gasteiger partial charge in [0.25, 0.3) is 0 Å². The summed E-state index contributed by atoms with van der Waals surface area (Å²) in [6.07, 6.45) is 11.2. The molecule has 0 atom stereocenters. The van der Waals surface area contributed by atoms with Crippen molar-refractivity contribution in [2.75, 3.05) is 0 Å². The van der Waals surface area contributed by atoms with Crippen LogP contribution in [0.3, 0.4) is 0 Å². The van der Waals surface area contributed by atoms with E-state index in [0.29, 0.717) is 0 Å². The summed E-state index contributed by atoms with van der Waals surface area (Å²) in [7, 11) is 0. The lowest BCUT2D eigenvalue weighted by molar-refractivity contribution is 0.626. The van der Waals surface area contributed by atoms with Crippen LogP contribution < -0.4 is 0 Å². The Bertz CT molecular complexity index is 209. The number of thioether (sulfide) groups is 1. The Balaban J connectivity index is 3.82. The van der Waals surface area contributed by atoms with Gasteiger partial charge in [0.1, 0.15) is 0 Å². The second kappa shape index (κ2) is 7.93. The van der Waals surface area contributed by atoms with Crippen LogP contribution in [0.1, 0.15) is 40.5 Å². The van der Waals surface area contributed by atoms with Gasteiger partial charge in [0.2, 0.25) is 0 Å². The lowest BCUT2D eigenvalue weighted by Crippen LogP contribution is -2.00. The number of rotatable bonds is 6. The second-order valence-corrected chi connectivity index (χ2v) is 4.74. The highest BCUT2D eigenvalue weighted by molar-refractivity contribution is 8.04. The fourth-order valence-electron chi connectivity index (χ4n) is 1.04. The zero-order chi connectivity index (χ0) is 10.9. The first-order valence-corrected chi connectivity index (χ1v) is 6.18. The quantitative estimate of drug-likeness (QED) is 0.546. The van der Waals surface area contributed by atoms with Crippen molar-refractivity contribution in [1.82, 2.24) is 0 Å². The van der Waals surface area contributed by atoms with Crippen LogP contribution >= 0.6 is 11.8 Å². The third kappa shape index (κ3) is 8.18. The van der Waals surface area contributed by atoms with Crippen LogP contribution in [0.5, 0.6) is 0 Å². The van der Waals surface area contributed by atoms with Crippen molar-refractivity contribution < 1.29 is 0 Å². The van der Waals surface area contributed by atoms with Gasteiger partial charge in [-0.15, -0.1) is 11.8 Å². The fraction of sp³-hybridized carbons (Fsp3) is 0.538. The lowest BCUT2D eigenvalue weighted by Gasteiger charge is -2.13. The third-order valence-electron chi connectivity index (χ3n) is 1.80. The molecule has 0 aliphatic carbocycles. The summed E-state index contributed by atoms with van der Waals surface area (Å²) in [6.45, 7) is 8.67.